The number of benzene rings is 1. The van der Waals surface area contributed by atoms with Crippen LogP contribution >= 0.6 is 0 Å². The second kappa shape index (κ2) is 3.57. The van der Waals surface area contributed by atoms with E-state index in [1.807, 2.05) is 0 Å². The fourth-order valence-electron chi connectivity index (χ4n) is 1.74. The van der Waals surface area contributed by atoms with Gasteiger partial charge in [-0.15, -0.1) is 0 Å². The summed E-state index contributed by atoms with van der Waals surface area (Å²) in [6.07, 6.45) is 0.936. The monoisotopic (exact) mass is 204 g/mol. The summed E-state index contributed by atoms with van der Waals surface area (Å²) in [5, 5.41) is 0. The van der Waals surface area contributed by atoms with Crippen molar-refractivity contribution in [2.75, 3.05) is 5.73 Å². The molecule has 0 aliphatic heterocycles. The molecule has 3 nitrogen and oxygen atoms in total. The first-order valence-electron chi connectivity index (χ1n) is 5.30. The fourth-order valence-corrected chi connectivity index (χ4v) is 1.74. The number of anilines is 1. The molecule has 2 aromatic rings. The Hall–Kier alpha value is -1.51. The van der Waals surface area contributed by atoms with Crippen molar-refractivity contribution in [1.29, 1.82) is 0 Å². The number of nitrogens with zero attached hydrogens (tertiary/aromatic N) is 1. The molecule has 0 spiro atoms. The van der Waals surface area contributed by atoms with Gasteiger partial charge >= 0.3 is 0 Å². The lowest BCUT2D eigenvalue weighted by Gasteiger charge is -2.07. The molecular weight excluding hydrogens is 188 g/mol. The lowest BCUT2D eigenvalue weighted by atomic mass is 9.99. The Morgan fingerprint density at radius 2 is 2.13 bits per heavy atom. The normalized spacial score (nSPS) is 11.5. The summed E-state index contributed by atoms with van der Waals surface area (Å²) >= 11 is 0. The predicted octanol–water partition coefficient (Wildman–Crippen LogP) is 3.10. The minimum absolute atomic E-state index is 0.251. The first-order valence-corrected chi connectivity index (χ1v) is 5.30. The van der Waals surface area contributed by atoms with Crippen LogP contribution in [0.15, 0.2) is 16.5 Å². The van der Waals surface area contributed by atoms with Crippen molar-refractivity contribution >= 4 is 17.1 Å². The molecule has 0 radical (unpaired) electrons. The van der Waals surface area contributed by atoms with Gasteiger partial charge in [0.15, 0.2) is 5.58 Å². The van der Waals surface area contributed by atoms with E-state index in [2.05, 4.69) is 37.9 Å². The highest BCUT2D eigenvalue weighted by molar-refractivity contribution is 5.79. The number of fused-ring (bicyclic) bond motifs is 1. The number of hydrogen-bond acceptors (Lipinski definition) is 3. The van der Waals surface area contributed by atoms with Gasteiger partial charge in [0.25, 0.3) is 6.01 Å². The van der Waals surface area contributed by atoms with Gasteiger partial charge in [-0.2, -0.15) is 4.98 Å². The summed E-state index contributed by atoms with van der Waals surface area (Å²) in [6, 6.07) is 4.48. The van der Waals surface area contributed by atoms with Crippen LogP contribution in [0.2, 0.25) is 0 Å². The third-order valence-corrected chi connectivity index (χ3v) is 2.65. The van der Waals surface area contributed by atoms with Crippen LogP contribution in [0.4, 0.5) is 6.01 Å². The maximum Gasteiger partial charge on any atom is 0.292 e. The third kappa shape index (κ3) is 1.69. The summed E-state index contributed by atoms with van der Waals surface area (Å²) in [4.78, 5) is 4.18. The van der Waals surface area contributed by atoms with Gasteiger partial charge in [-0.3, -0.25) is 0 Å². The van der Waals surface area contributed by atoms with Gasteiger partial charge in [0.2, 0.25) is 0 Å². The number of aromatic nitrogens is 1. The molecule has 1 aromatic heterocycles. The van der Waals surface area contributed by atoms with E-state index >= 15 is 0 Å². The molecule has 0 aliphatic rings. The van der Waals surface area contributed by atoms with Crippen molar-refractivity contribution in [3.63, 3.8) is 0 Å². The average molecular weight is 204 g/mol. The lowest BCUT2D eigenvalue weighted by molar-refractivity contribution is 0.621. The van der Waals surface area contributed by atoms with Gasteiger partial charge in [-0.1, -0.05) is 26.8 Å². The Kier molecular flexibility index (Phi) is 2.39. The maximum atomic E-state index is 5.56. The van der Waals surface area contributed by atoms with E-state index < -0.39 is 0 Å². The van der Waals surface area contributed by atoms with E-state index in [1.54, 1.807) is 0 Å². The Morgan fingerprint density at radius 3 is 2.73 bits per heavy atom. The van der Waals surface area contributed by atoms with Crippen LogP contribution in [0.1, 0.15) is 37.8 Å². The van der Waals surface area contributed by atoms with Crippen LogP contribution in [-0.4, -0.2) is 4.98 Å². The van der Waals surface area contributed by atoms with E-state index in [0.29, 0.717) is 5.92 Å². The fraction of sp³-hybridized carbons (Fsp3) is 0.417. The highest BCUT2D eigenvalue weighted by atomic mass is 16.4. The summed E-state index contributed by atoms with van der Waals surface area (Å²) in [5.41, 5.74) is 9.73. The molecule has 2 rings (SSSR count). The molecule has 0 fully saturated rings. The van der Waals surface area contributed by atoms with E-state index in [1.165, 1.54) is 11.1 Å². The molecule has 0 aliphatic carbocycles. The van der Waals surface area contributed by atoms with Crippen LogP contribution in [0.25, 0.3) is 11.1 Å². The van der Waals surface area contributed by atoms with Gasteiger partial charge in [-0.25, -0.2) is 0 Å². The molecular formula is C12H16N2O. The summed E-state index contributed by atoms with van der Waals surface area (Å²) in [6.45, 7) is 6.45. The first kappa shape index (κ1) is 10.0. The van der Waals surface area contributed by atoms with Gasteiger partial charge < -0.3 is 10.2 Å². The average Bonchev–Trinajstić information content (AvgIpc) is 2.56. The number of rotatable bonds is 2. The summed E-state index contributed by atoms with van der Waals surface area (Å²) in [5.74, 6) is 0.498. The zero-order valence-electron chi connectivity index (χ0n) is 9.37. The predicted molar refractivity (Wildman–Crippen MR) is 61.9 cm³/mol. The number of hydrogen-bond donors (Lipinski definition) is 1. The molecule has 0 saturated heterocycles. The molecule has 3 heteroatoms. The van der Waals surface area contributed by atoms with Gasteiger partial charge in [0.1, 0.15) is 5.52 Å². The highest BCUT2D eigenvalue weighted by Crippen LogP contribution is 2.26. The van der Waals surface area contributed by atoms with E-state index in [0.717, 1.165) is 17.5 Å². The second-order valence-electron chi connectivity index (χ2n) is 4.09. The second-order valence-corrected chi connectivity index (χ2v) is 4.09. The topological polar surface area (TPSA) is 52.0 Å². The molecule has 80 valence electrons. The van der Waals surface area contributed by atoms with Crippen molar-refractivity contribution in [3.05, 3.63) is 23.3 Å². The van der Waals surface area contributed by atoms with Gasteiger partial charge in [0, 0.05) is 0 Å². The van der Waals surface area contributed by atoms with E-state index in [9.17, 15) is 0 Å². The molecule has 0 amide bonds. The van der Waals surface area contributed by atoms with Crippen molar-refractivity contribution < 1.29 is 4.42 Å². The Balaban J connectivity index is 2.70. The summed E-state index contributed by atoms with van der Waals surface area (Å²) in [7, 11) is 0. The minimum Gasteiger partial charge on any atom is -0.423 e. The number of nitrogens with two attached hydrogens (primary N) is 1. The first-order chi connectivity index (χ1) is 7.11. The minimum atomic E-state index is 0.251. The third-order valence-electron chi connectivity index (χ3n) is 2.65. The number of aryl methyl sites for hydroxylation is 1. The molecule has 1 heterocycles. The van der Waals surface area contributed by atoms with Crippen LogP contribution in [-0.2, 0) is 6.42 Å². The van der Waals surface area contributed by atoms with Crippen molar-refractivity contribution in [2.24, 2.45) is 0 Å². The standard InChI is InChI=1S/C12H16N2O/c1-4-8-5-9(7(2)3)6-10-11(8)15-12(13)14-10/h5-7H,4H2,1-3H3,(H2,13,14). The highest BCUT2D eigenvalue weighted by Gasteiger charge is 2.10. The quantitative estimate of drug-likeness (QED) is 0.817. The van der Waals surface area contributed by atoms with Crippen LogP contribution < -0.4 is 5.73 Å². The Bertz CT molecular complexity index is 486. The van der Waals surface area contributed by atoms with Crippen LogP contribution in [0.3, 0.4) is 0 Å². The van der Waals surface area contributed by atoms with Crippen molar-refractivity contribution in [2.45, 2.75) is 33.1 Å². The van der Waals surface area contributed by atoms with E-state index in [4.69, 9.17) is 10.2 Å². The molecule has 2 N–H and O–H groups in total. The Labute approximate surface area is 89.3 Å². The zero-order chi connectivity index (χ0) is 11.0. The molecule has 1 aromatic carbocycles. The zero-order valence-corrected chi connectivity index (χ0v) is 9.37. The van der Waals surface area contributed by atoms with Crippen LogP contribution in [0, 0.1) is 0 Å². The smallest absolute Gasteiger partial charge is 0.292 e. The van der Waals surface area contributed by atoms with Crippen LogP contribution in [0.5, 0.6) is 0 Å². The largest absolute Gasteiger partial charge is 0.423 e. The van der Waals surface area contributed by atoms with E-state index in [-0.39, 0.29) is 6.01 Å². The maximum absolute atomic E-state index is 5.56. The molecule has 0 atom stereocenters. The van der Waals surface area contributed by atoms with Gasteiger partial charge in [-0.05, 0) is 29.5 Å². The molecule has 0 bridgehead atoms. The number of nitrogen functional groups attached to an aromatic ring is 1. The SMILES string of the molecule is CCc1cc(C(C)C)cc2nc(N)oc12. The van der Waals surface area contributed by atoms with Crippen molar-refractivity contribution in [1.82, 2.24) is 4.98 Å². The molecule has 0 saturated carbocycles. The van der Waals surface area contributed by atoms with Crippen molar-refractivity contribution in [3.8, 4) is 0 Å². The number of oxazole rings is 1. The molecule has 15 heavy (non-hydrogen) atoms. The van der Waals surface area contributed by atoms with Gasteiger partial charge in [0.05, 0.1) is 0 Å². The lowest BCUT2D eigenvalue weighted by Crippen LogP contribution is -1.91. The Morgan fingerprint density at radius 1 is 1.40 bits per heavy atom. The summed E-state index contributed by atoms with van der Waals surface area (Å²) < 4.78 is 5.39. The molecule has 0 unspecified atom stereocenters.